The fourth-order valence-electron chi connectivity index (χ4n) is 4.14. The molecule has 0 saturated carbocycles. The Morgan fingerprint density at radius 1 is 0.756 bits per heavy atom. The average Bonchev–Trinajstić information content (AvgIpc) is 2.91. The van der Waals surface area contributed by atoms with Crippen LogP contribution in [0.3, 0.4) is 0 Å². The molecule has 4 aromatic carbocycles. The third kappa shape index (κ3) is 7.32. The number of ether oxygens (including phenoxy) is 1. The molecule has 0 spiro atoms. The van der Waals surface area contributed by atoms with Crippen molar-refractivity contribution in [3.05, 3.63) is 129 Å². The number of hydrogen-bond acceptors (Lipinski definition) is 3. The molecule has 216 valence electrons. The number of alkyl halides is 6. The molecular weight excluding hydrogens is 598 g/mol. The second-order valence-electron chi connectivity index (χ2n) is 8.92. The van der Waals surface area contributed by atoms with Gasteiger partial charge in [-0.2, -0.15) is 26.3 Å². The summed E-state index contributed by atoms with van der Waals surface area (Å²) in [6, 6.07) is 14.4. The fourth-order valence-corrected chi connectivity index (χ4v) is 4.47. The first-order chi connectivity index (χ1) is 19.3. The SMILES string of the molecule is OCC(NC(c1cccc(Oc2cccc(Cl)c2Cl)c1)c1ccc(C(F)(F)F)cc1F)c1cccc(C(F)(F)F)c1. The Hall–Kier alpha value is -3.31. The van der Waals surface area contributed by atoms with Gasteiger partial charge in [0.05, 0.1) is 34.8 Å². The van der Waals surface area contributed by atoms with Crippen LogP contribution in [-0.2, 0) is 12.4 Å². The molecule has 0 aliphatic heterocycles. The van der Waals surface area contributed by atoms with Crippen LogP contribution in [0.2, 0.25) is 10.0 Å². The zero-order chi connectivity index (χ0) is 29.9. The summed E-state index contributed by atoms with van der Waals surface area (Å²) in [6.07, 6.45) is -9.47. The zero-order valence-corrected chi connectivity index (χ0v) is 22.2. The monoisotopic (exact) mass is 617 g/mol. The van der Waals surface area contributed by atoms with Crippen LogP contribution < -0.4 is 10.1 Å². The maximum atomic E-state index is 15.2. The number of benzene rings is 4. The highest BCUT2D eigenvalue weighted by atomic mass is 35.5. The van der Waals surface area contributed by atoms with Gasteiger partial charge in [-0.15, -0.1) is 0 Å². The van der Waals surface area contributed by atoms with E-state index in [1.165, 1.54) is 30.3 Å². The molecule has 4 aromatic rings. The predicted molar refractivity (Wildman–Crippen MR) is 141 cm³/mol. The lowest BCUT2D eigenvalue weighted by Crippen LogP contribution is -2.30. The van der Waals surface area contributed by atoms with Crippen molar-refractivity contribution in [3.63, 3.8) is 0 Å². The van der Waals surface area contributed by atoms with Crippen LogP contribution in [0.25, 0.3) is 0 Å². The van der Waals surface area contributed by atoms with Crippen molar-refractivity contribution in [2.75, 3.05) is 6.61 Å². The normalized spacial score (nSPS) is 13.6. The van der Waals surface area contributed by atoms with Gasteiger partial charge in [0.15, 0.2) is 0 Å². The van der Waals surface area contributed by atoms with Crippen LogP contribution >= 0.6 is 23.2 Å². The van der Waals surface area contributed by atoms with Crippen molar-refractivity contribution in [2.24, 2.45) is 0 Å². The molecule has 0 radical (unpaired) electrons. The summed E-state index contributed by atoms with van der Waals surface area (Å²) in [5, 5.41) is 13.3. The molecule has 0 heterocycles. The number of hydrogen-bond donors (Lipinski definition) is 2. The third-order valence-corrected chi connectivity index (χ3v) is 6.94. The molecule has 0 aromatic heterocycles. The summed E-state index contributed by atoms with van der Waals surface area (Å²) in [4.78, 5) is 0. The highest BCUT2D eigenvalue weighted by Gasteiger charge is 2.33. The fraction of sp³-hybridized carbons (Fsp3) is 0.172. The van der Waals surface area contributed by atoms with Gasteiger partial charge in [0, 0.05) is 5.56 Å². The Labute approximate surface area is 240 Å². The third-order valence-electron chi connectivity index (χ3n) is 6.14. The van der Waals surface area contributed by atoms with Gasteiger partial charge in [-0.25, -0.2) is 4.39 Å². The predicted octanol–water partition coefficient (Wildman–Crippen LogP) is 9.37. The topological polar surface area (TPSA) is 41.5 Å². The lowest BCUT2D eigenvalue weighted by molar-refractivity contribution is -0.138. The van der Waals surface area contributed by atoms with Crippen molar-refractivity contribution in [3.8, 4) is 11.5 Å². The number of rotatable bonds is 8. The molecule has 12 heteroatoms. The van der Waals surface area contributed by atoms with Gasteiger partial charge in [-0.1, -0.05) is 59.6 Å². The van der Waals surface area contributed by atoms with Crippen LogP contribution in [0.1, 0.15) is 39.9 Å². The lowest BCUT2D eigenvalue weighted by Gasteiger charge is -2.27. The van der Waals surface area contributed by atoms with Crippen LogP contribution in [0.4, 0.5) is 30.7 Å². The minimum atomic E-state index is -4.81. The number of halogens is 9. The van der Waals surface area contributed by atoms with Crippen molar-refractivity contribution < 1.29 is 40.6 Å². The second kappa shape index (κ2) is 12.3. The number of nitrogens with one attached hydrogen (secondary N) is 1. The lowest BCUT2D eigenvalue weighted by atomic mass is 9.94. The van der Waals surface area contributed by atoms with Gasteiger partial charge < -0.3 is 9.84 Å². The smallest absolute Gasteiger partial charge is 0.416 e. The first-order valence-electron chi connectivity index (χ1n) is 11.9. The summed E-state index contributed by atoms with van der Waals surface area (Å²) in [6.45, 7) is -0.714. The quantitative estimate of drug-likeness (QED) is 0.194. The molecule has 41 heavy (non-hydrogen) atoms. The molecule has 0 amide bonds. The molecule has 4 rings (SSSR count). The van der Waals surface area contributed by atoms with E-state index in [0.717, 1.165) is 24.3 Å². The Kier molecular flexibility index (Phi) is 9.18. The minimum Gasteiger partial charge on any atom is -0.456 e. The molecule has 2 N–H and O–H groups in total. The summed E-state index contributed by atoms with van der Waals surface area (Å²) in [5.74, 6) is -0.827. The standard InChI is InChI=1S/C29H20Cl2F7NO2/c30-22-8-3-9-25(26(22)31)41-20-7-2-5-17(13-20)27(21-11-10-19(14-23(21)32)29(36,37)38)39-24(15-40)16-4-1-6-18(12-16)28(33,34)35/h1-14,24,27,39-40H,15H2. The highest BCUT2D eigenvalue weighted by molar-refractivity contribution is 6.42. The average molecular weight is 618 g/mol. The Morgan fingerprint density at radius 3 is 2.05 bits per heavy atom. The Bertz CT molecular complexity index is 1530. The van der Waals surface area contributed by atoms with Gasteiger partial charge in [0.25, 0.3) is 0 Å². The van der Waals surface area contributed by atoms with Gasteiger partial charge in [-0.3, -0.25) is 5.32 Å². The van der Waals surface area contributed by atoms with Crippen molar-refractivity contribution in [1.82, 2.24) is 5.32 Å². The summed E-state index contributed by atoms with van der Waals surface area (Å²) >= 11 is 12.2. The molecule has 0 saturated heterocycles. The van der Waals surface area contributed by atoms with Gasteiger partial charge in [0.1, 0.15) is 22.3 Å². The molecule has 3 nitrogen and oxygen atoms in total. The van der Waals surface area contributed by atoms with E-state index in [0.29, 0.717) is 12.1 Å². The summed E-state index contributed by atoms with van der Waals surface area (Å²) in [7, 11) is 0. The van der Waals surface area contributed by atoms with E-state index in [4.69, 9.17) is 27.9 Å². The molecule has 2 atom stereocenters. The summed E-state index contributed by atoms with van der Waals surface area (Å²) < 4.78 is 101. The molecular formula is C29H20Cl2F7NO2. The van der Waals surface area contributed by atoms with Gasteiger partial charge in [-0.05, 0) is 59.7 Å². The maximum Gasteiger partial charge on any atom is 0.416 e. The first-order valence-corrected chi connectivity index (χ1v) is 12.7. The van der Waals surface area contributed by atoms with Crippen molar-refractivity contribution in [1.29, 1.82) is 0 Å². The minimum absolute atomic E-state index is 0.0257. The van der Waals surface area contributed by atoms with E-state index >= 15 is 4.39 Å². The molecule has 2 unspecified atom stereocenters. The van der Waals surface area contributed by atoms with Gasteiger partial charge >= 0.3 is 12.4 Å². The van der Waals surface area contributed by atoms with E-state index < -0.39 is 48.0 Å². The molecule has 0 fully saturated rings. The van der Waals surface area contributed by atoms with Crippen LogP contribution in [0, 0.1) is 5.82 Å². The van der Waals surface area contributed by atoms with Crippen molar-refractivity contribution >= 4 is 23.2 Å². The molecule has 0 bridgehead atoms. The first kappa shape index (κ1) is 30.6. The number of aliphatic hydroxyl groups is 1. The van der Waals surface area contributed by atoms with Gasteiger partial charge in [0.2, 0.25) is 0 Å². The highest BCUT2D eigenvalue weighted by Crippen LogP contribution is 2.38. The van der Waals surface area contributed by atoms with Crippen molar-refractivity contribution in [2.45, 2.75) is 24.4 Å². The van der Waals surface area contributed by atoms with Crippen LogP contribution in [0.15, 0.2) is 84.9 Å². The van der Waals surface area contributed by atoms with Crippen LogP contribution in [0.5, 0.6) is 11.5 Å². The van der Waals surface area contributed by atoms with E-state index in [-0.39, 0.29) is 38.2 Å². The Balaban J connectivity index is 1.78. The van der Waals surface area contributed by atoms with E-state index in [1.54, 1.807) is 18.2 Å². The number of aliphatic hydroxyl groups excluding tert-OH is 1. The maximum absolute atomic E-state index is 15.2. The summed E-state index contributed by atoms with van der Waals surface area (Å²) in [5.41, 5.74) is -2.15. The molecule has 0 aliphatic carbocycles. The van der Waals surface area contributed by atoms with E-state index in [1.807, 2.05) is 0 Å². The largest absolute Gasteiger partial charge is 0.456 e. The zero-order valence-electron chi connectivity index (χ0n) is 20.7. The van der Waals surface area contributed by atoms with E-state index in [9.17, 15) is 31.4 Å². The van der Waals surface area contributed by atoms with Crippen LogP contribution in [-0.4, -0.2) is 11.7 Å². The Morgan fingerprint density at radius 2 is 1.39 bits per heavy atom. The molecule has 0 aliphatic rings. The van der Waals surface area contributed by atoms with E-state index in [2.05, 4.69) is 5.32 Å². The second-order valence-corrected chi connectivity index (χ2v) is 9.70.